The van der Waals surface area contributed by atoms with Gasteiger partial charge in [0.25, 0.3) is 0 Å². The highest BCUT2D eigenvalue weighted by atomic mass is 32.1. The first-order valence-corrected chi connectivity index (χ1v) is 9.02. The molecule has 1 saturated heterocycles. The van der Waals surface area contributed by atoms with Crippen LogP contribution >= 0.6 is 11.3 Å². The van der Waals surface area contributed by atoms with E-state index in [0.29, 0.717) is 6.04 Å². The van der Waals surface area contributed by atoms with Gasteiger partial charge in [-0.2, -0.15) is 0 Å². The van der Waals surface area contributed by atoms with E-state index in [0.717, 1.165) is 26.2 Å². The number of benzene rings is 1. The number of piperazine rings is 1. The van der Waals surface area contributed by atoms with E-state index in [-0.39, 0.29) is 5.41 Å². The molecule has 2 heterocycles. The Morgan fingerprint density at radius 1 is 1.05 bits per heavy atom. The zero-order valence-electron chi connectivity index (χ0n) is 13.8. The van der Waals surface area contributed by atoms with Crippen molar-refractivity contribution >= 4 is 11.3 Å². The summed E-state index contributed by atoms with van der Waals surface area (Å²) >= 11 is 1.87. The summed E-state index contributed by atoms with van der Waals surface area (Å²) in [7, 11) is 0. The Balaban J connectivity index is 1.92. The van der Waals surface area contributed by atoms with Crippen LogP contribution in [-0.4, -0.2) is 31.1 Å². The predicted octanol–water partition coefficient (Wildman–Crippen LogP) is 4.04. The van der Waals surface area contributed by atoms with E-state index in [4.69, 9.17) is 0 Å². The molecule has 1 fully saturated rings. The lowest BCUT2D eigenvalue weighted by Gasteiger charge is -2.35. The molecule has 3 rings (SSSR count). The number of hydrogen-bond acceptors (Lipinski definition) is 3. The number of nitrogens with one attached hydrogen (secondary N) is 1. The minimum Gasteiger partial charge on any atom is -0.314 e. The van der Waals surface area contributed by atoms with Crippen molar-refractivity contribution in [1.82, 2.24) is 10.2 Å². The molecule has 0 bridgehead atoms. The molecular formula is C19H26N2S. The lowest BCUT2D eigenvalue weighted by atomic mass is 9.86. The lowest BCUT2D eigenvalue weighted by molar-refractivity contribution is 0.200. The van der Waals surface area contributed by atoms with Gasteiger partial charge in [-0.3, -0.25) is 4.90 Å². The Hall–Kier alpha value is -1.16. The Bertz CT molecular complexity index is 575. The molecule has 3 heteroatoms. The molecule has 1 aromatic carbocycles. The quantitative estimate of drug-likeness (QED) is 0.920. The fourth-order valence-corrected chi connectivity index (χ4v) is 3.99. The monoisotopic (exact) mass is 314 g/mol. The zero-order valence-corrected chi connectivity index (χ0v) is 14.6. The summed E-state index contributed by atoms with van der Waals surface area (Å²) in [5.41, 5.74) is 3.03. The number of hydrogen-bond donors (Lipinski definition) is 1. The van der Waals surface area contributed by atoms with Gasteiger partial charge in [0.05, 0.1) is 6.04 Å². The second kappa shape index (κ2) is 6.53. The molecule has 1 aliphatic rings. The van der Waals surface area contributed by atoms with Crippen molar-refractivity contribution in [2.45, 2.75) is 32.2 Å². The van der Waals surface area contributed by atoms with Crippen molar-refractivity contribution in [3.63, 3.8) is 0 Å². The van der Waals surface area contributed by atoms with Crippen LogP contribution in [0.15, 0.2) is 41.8 Å². The summed E-state index contributed by atoms with van der Waals surface area (Å²) in [4.78, 5) is 4.06. The van der Waals surface area contributed by atoms with Gasteiger partial charge in [0, 0.05) is 31.1 Å². The van der Waals surface area contributed by atoms with E-state index in [2.05, 4.69) is 72.8 Å². The van der Waals surface area contributed by atoms with E-state index in [1.54, 1.807) is 0 Å². The molecule has 2 nitrogen and oxygen atoms in total. The largest absolute Gasteiger partial charge is 0.314 e. The first kappa shape index (κ1) is 15.7. The average Bonchev–Trinajstić information content (AvgIpc) is 3.02. The fraction of sp³-hybridized carbons (Fsp3) is 0.474. The molecule has 0 aliphatic carbocycles. The Labute approximate surface area is 138 Å². The second-order valence-corrected chi connectivity index (χ2v) is 8.06. The van der Waals surface area contributed by atoms with Gasteiger partial charge in [0.1, 0.15) is 0 Å². The summed E-state index contributed by atoms with van der Waals surface area (Å²) in [6, 6.07) is 14.1. The van der Waals surface area contributed by atoms with E-state index in [9.17, 15) is 0 Å². The molecule has 0 spiro atoms. The summed E-state index contributed by atoms with van der Waals surface area (Å²) in [5, 5.41) is 5.65. The first-order valence-electron chi connectivity index (χ1n) is 8.14. The van der Waals surface area contributed by atoms with E-state index in [1.807, 2.05) is 11.3 Å². The van der Waals surface area contributed by atoms with E-state index >= 15 is 0 Å². The average molecular weight is 314 g/mol. The molecule has 1 N–H and O–H groups in total. The highest BCUT2D eigenvalue weighted by Gasteiger charge is 2.25. The van der Waals surface area contributed by atoms with Crippen LogP contribution in [0.4, 0.5) is 0 Å². The molecule has 22 heavy (non-hydrogen) atoms. The van der Waals surface area contributed by atoms with Crippen LogP contribution in [0.25, 0.3) is 0 Å². The lowest BCUT2D eigenvalue weighted by Crippen LogP contribution is -2.45. The van der Waals surface area contributed by atoms with Crippen molar-refractivity contribution in [3.05, 3.63) is 57.8 Å². The van der Waals surface area contributed by atoms with Crippen LogP contribution < -0.4 is 5.32 Å². The standard InChI is InChI=1S/C19H26N2S/c1-19(2,3)16-8-6-15(7-9-16)18(17-5-4-14-22-17)21-12-10-20-11-13-21/h4-9,14,18,20H,10-13H2,1-3H3/t18-/m0/s1. The topological polar surface area (TPSA) is 15.3 Å². The van der Waals surface area contributed by atoms with Crippen LogP contribution in [0, 0.1) is 0 Å². The van der Waals surface area contributed by atoms with Gasteiger partial charge >= 0.3 is 0 Å². The molecule has 2 aromatic rings. The first-order chi connectivity index (χ1) is 10.6. The molecule has 0 saturated carbocycles. The minimum atomic E-state index is 0.214. The maximum atomic E-state index is 3.46. The molecule has 1 atom stereocenters. The Morgan fingerprint density at radius 2 is 1.73 bits per heavy atom. The van der Waals surface area contributed by atoms with Gasteiger partial charge in [-0.15, -0.1) is 11.3 Å². The van der Waals surface area contributed by atoms with Gasteiger partial charge in [-0.25, -0.2) is 0 Å². The number of nitrogens with zero attached hydrogens (tertiary/aromatic N) is 1. The summed E-state index contributed by atoms with van der Waals surface area (Å²) in [6.45, 7) is 11.2. The van der Waals surface area contributed by atoms with Gasteiger partial charge in [0.15, 0.2) is 0 Å². The smallest absolute Gasteiger partial charge is 0.0696 e. The van der Waals surface area contributed by atoms with E-state index in [1.165, 1.54) is 16.0 Å². The number of rotatable bonds is 3. The van der Waals surface area contributed by atoms with Crippen molar-refractivity contribution < 1.29 is 0 Å². The number of thiophene rings is 1. The van der Waals surface area contributed by atoms with Gasteiger partial charge in [-0.1, -0.05) is 51.1 Å². The van der Waals surface area contributed by atoms with Crippen LogP contribution in [0.1, 0.15) is 42.8 Å². The van der Waals surface area contributed by atoms with Crippen molar-refractivity contribution in [1.29, 1.82) is 0 Å². The molecule has 0 amide bonds. The molecular weight excluding hydrogens is 288 g/mol. The molecule has 0 unspecified atom stereocenters. The summed E-state index contributed by atoms with van der Waals surface area (Å²) < 4.78 is 0. The molecule has 118 valence electrons. The van der Waals surface area contributed by atoms with Crippen molar-refractivity contribution in [2.75, 3.05) is 26.2 Å². The van der Waals surface area contributed by atoms with Crippen molar-refractivity contribution in [2.24, 2.45) is 0 Å². The maximum Gasteiger partial charge on any atom is 0.0696 e. The summed E-state index contributed by atoms with van der Waals surface area (Å²) in [5.74, 6) is 0. The zero-order chi connectivity index (χ0) is 15.6. The molecule has 1 aromatic heterocycles. The van der Waals surface area contributed by atoms with Crippen molar-refractivity contribution in [3.8, 4) is 0 Å². The normalized spacial score (nSPS) is 18.3. The van der Waals surface area contributed by atoms with Gasteiger partial charge in [0.2, 0.25) is 0 Å². The maximum absolute atomic E-state index is 3.46. The van der Waals surface area contributed by atoms with Crippen LogP contribution in [-0.2, 0) is 5.41 Å². The highest BCUT2D eigenvalue weighted by molar-refractivity contribution is 7.10. The molecule has 0 radical (unpaired) electrons. The molecule has 1 aliphatic heterocycles. The Kier molecular flexibility index (Phi) is 4.67. The SMILES string of the molecule is CC(C)(C)c1ccc([C@@H](c2cccs2)N2CCNCC2)cc1. The minimum absolute atomic E-state index is 0.214. The second-order valence-electron chi connectivity index (χ2n) is 7.08. The third-order valence-corrected chi connectivity index (χ3v) is 5.35. The van der Waals surface area contributed by atoms with E-state index < -0.39 is 0 Å². The van der Waals surface area contributed by atoms with Crippen LogP contribution in [0.5, 0.6) is 0 Å². The third kappa shape index (κ3) is 3.43. The van der Waals surface area contributed by atoms with Crippen LogP contribution in [0.3, 0.4) is 0 Å². The highest BCUT2D eigenvalue weighted by Crippen LogP contribution is 2.33. The fourth-order valence-electron chi connectivity index (χ4n) is 3.11. The van der Waals surface area contributed by atoms with Gasteiger partial charge in [-0.05, 0) is 28.0 Å². The van der Waals surface area contributed by atoms with Gasteiger partial charge < -0.3 is 5.32 Å². The Morgan fingerprint density at radius 3 is 2.27 bits per heavy atom. The van der Waals surface area contributed by atoms with Crippen LogP contribution in [0.2, 0.25) is 0 Å². The summed E-state index contributed by atoms with van der Waals surface area (Å²) in [6.07, 6.45) is 0. The third-order valence-electron chi connectivity index (χ3n) is 4.42. The predicted molar refractivity (Wildman–Crippen MR) is 95.7 cm³/mol.